The van der Waals surface area contributed by atoms with E-state index in [1.54, 1.807) is 0 Å². The Morgan fingerprint density at radius 3 is 2.70 bits per heavy atom. The van der Waals surface area contributed by atoms with Crippen LogP contribution in [0.4, 0.5) is 0 Å². The van der Waals surface area contributed by atoms with Gasteiger partial charge in [0.05, 0.1) is 10.4 Å². The largest absolute Gasteiger partial charge is 0.335 e. The number of hydrogen-bond donors (Lipinski definition) is 0. The maximum Gasteiger partial charge on any atom is 0.0946 e. The van der Waals surface area contributed by atoms with Gasteiger partial charge >= 0.3 is 0 Å². The second-order valence-electron chi connectivity index (χ2n) is 6.60. The highest BCUT2D eigenvalue weighted by molar-refractivity contribution is 8.19. The summed E-state index contributed by atoms with van der Waals surface area (Å²) in [5.74, 6) is 1.27. The van der Waals surface area contributed by atoms with E-state index >= 15 is 0 Å². The summed E-state index contributed by atoms with van der Waals surface area (Å²) in [4.78, 5) is 4.24. The molecule has 124 valence electrons. The van der Waals surface area contributed by atoms with Gasteiger partial charge < -0.3 is 4.57 Å². The third-order valence-corrected chi connectivity index (χ3v) is 7.87. The maximum absolute atomic E-state index is 4.24. The van der Waals surface area contributed by atoms with Gasteiger partial charge in [0.15, 0.2) is 0 Å². The summed E-state index contributed by atoms with van der Waals surface area (Å²) < 4.78 is 2.47. The third-order valence-electron chi connectivity index (χ3n) is 4.38. The fraction of sp³-hybridized carbons (Fsp3) is 0.526. The highest BCUT2D eigenvalue weighted by atomic mass is 32.2. The molecule has 0 radical (unpaired) electrons. The van der Waals surface area contributed by atoms with Crippen LogP contribution in [-0.2, 0) is 13.0 Å². The minimum atomic E-state index is 0.222. The van der Waals surface area contributed by atoms with E-state index in [2.05, 4.69) is 78.2 Å². The molecule has 0 saturated carbocycles. The van der Waals surface area contributed by atoms with Crippen molar-refractivity contribution < 1.29 is 0 Å². The number of nitrogens with zero attached hydrogens (tertiary/aromatic N) is 2. The molecule has 2 nitrogen and oxygen atoms in total. The van der Waals surface area contributed by atoms with E-state index in [1.807, 2.05) is 12.5 Å². The average Bonchev–Trinajstić information content (AvgIpc) is 2.98. The smallest absolute Gasteiger partial charge is 0.0946 e. The standard InChI is InChI=1S/C19H26N2S2/c1-4-18-5-8-22-19(23-18,13-21-7-6-20-14-21)12-17-10-15(2)9-16(3)11-17/h6-7,9-11,14,18H,4-5,8,12-13H2,1-3H3. The summed E-state index contributed by atoms with van der Waals surface area (Å²) in [5, 5.41) is 0.783. The van der Waals surface area contributed by atoms with Gasteiger partial charge in [-0.05, 0) is 44.4 Å². The van der Waals surface area contributed by atoms with Crippen molar-refractivity contribution in [1.82, 2.24) is 9.55 Å². The van der Waals surface area contributed by atoms with Gasteiger partial charge in [0.1, 0.15) is 0 Å². The molecule has 1 fully saturated rings. The van der Waals surface area contributed by atoms with Crippen LogP contribution >= 0.6 is 23.5 Å². The fourth-order valence-corrected chi connectivity index (χ4v) is 7.28. The normalized spacial score (nSPS) is 24.7. The lowest BCUT2D eigenvalue weighted by Crippen LogP contribution is -2.35. The second kappa shape index (κ2) is 7.35. The molecule has 1 saturated heterocycles. The van der Waals surface area contributed by atoms with E-state index in [0.717, 1.165) is 18.2 Å². The lowest BCUT2D eigenvalue weighted by molar-refractivity contribution is 0.608. The molecule has 2 aromatic rings. The zero-order chi connectivity index (χ0) is 16.3. The molecule has 1 aromatic carbocycles. The first kappa shape index (κ1) is 17.0. The number of hydrogen-bond acceptors (Lipinski definition) is 3. The number of rotatable bonds is 5. The predicted octanol–water partition coefficient (Wildman–Crippen LogP) is 5.09. The highest BCUT2D eigenvalue weighted by Crippen LogP contribution is 2.49. The molecule has 0 aliphatic carbocycles. The molecule has 4 heteroatoms. The van der Waals surface area contributed by atoms with Gasteiger partial charge in [-0.3, -0.25) is 0 Å². The van der Waals surface area contributed by atoms with Crippen LogP contribution in [-0.4, -0.2) is 24.6 Å². The molecule has 2 heterocycles. The van der Waals surface area contributed by atoms with Gasteiger partial charge in [0, 0.05) is 24.2 Å². The fourth-order valence-electron chi connectivity index (χ4n) is 3.43. The van der Waals surface area contributed by atoms with Crippen molar-refractivity contribution in [3.63, 3.8) is 0 Å². The van der Waals surface area contributed by atoms with Crippen LogP contribution in [0.15, 0.2) is 36.9 Å². The van der Waals surface area contributed by atoms with Crippen LogP contribution in [0.25, 0.3) is 0 Å². The highest BCUT2D eigenvalue weighted by Gasteiger charge is 2.38. The first-order valence-corrected chi connectivity index (χ1v) is 10.3. The molecule has 23 heavy (non-hydrogen) atoms. The summed E-state index contributed by atoms with van der Waals surface area (Å²) in [7, 11) is 0. The average molecular weight is 347 g/mol. The van der Waals surface area contributed by atoms with E-state index in [0.29, 0.717) is 0 Å². The van der Waals surface area contributed by atoms with Crippen molar-refractivity contribution in [2.24, 2.45) is 0 Å². The van der Waals surface area contributed by atoms with Crippen LogP contribution in [0.3, 0.4) is 0 Å². The molecule has 0 spiro atoms. The van der Waals surface area contributed by atoms with E-state index in [-0.39, 0.29) is 4.08 Å². The maximum atomic E-state index is 4.24. The van der Waals surface area contributed by atoms with Crippen molar-refractivity contribution >= 4 is 23.5 Å². The van der Waals surface area contributed by atoms with Gasteiger partial charge in [0.2, 0.25) is 0 Å². The molecule has 0 N–H and O–H groups in total. The first-order valence-electron chi connectivity index (χ1n) is 8.43. The minimum absolute atomic E-state index is 0.222. The topological polar surface area (TPSA) is 17.8 Å². The quantitative estimate of drug-likeness (QED) is 0.751. The molecular weight excluding hydrogens is 320 g/mol. The Morgan fingerprint density at radius 2 is 2.04 bits per heavy atom. The molecule has 1 aromatic heterocycles. The van der Waals surface area contributed by atoms with Gasteiger partial charge in [-0.2, -0.15) is 0 Å². The van der Waals surface area contributed by atoms with Gasteiger partial charge in [-0.1, -0.05) is 36.2 Å². The molecular formula is C19H26N2S2. The predicted molar refractivity (Wildman–Crippen MR) is 103 cm³/mol. The number of aromatic nitrogens is 2. The molecule has 2 unspecified atom stereocenters. The minimum Gasteiger partial charge on any atom is -0.335 e. The molecule has 1 aliphatic rings. The summed E-state index contributed by atoms with van der Waals surface area (Å²) in [5.41, 5.74) is 4.21. The zero-order valence-corrected chi connectivity index (χ0v) is 15.9. The lowest BCUT2D eigenvalue weighted by atomic mass is 10.0. The van der Waals surface area contributed by atoms with Crippen molar-refractivity contribution in [2.45, 2.75) is 55.9 Å². The molecule has 1 aliphatic heterocycles. The van der Waals surface area contributed by atoms with Crippen molar-refractivity contribution in [3.05, 3.63) is 53.6 Å². The number of aryl methyl sites for hydroxylation is 2. The number of thioether (sulfide) groups is 2. The second-order valence-corrected chi connectivity index (χ2v) is 10.0. The Labute approximate surface area is 148 Å². The Balaban J connectivity index is 1.87. The van der Waals surface area contributed by atoms with Crippen LogP contribution in [0.5, 0.6) is 0 Å². The Morgan fingerprint density at radius 1 is 1.26 bits per heavy atom. The lowest BCUT2D eigenvalue weighted by Gasteiger charge is -2.40. The van der Waals surface area contributed by atoms with E-state index in [9.17, 15) is 0 Å². The van der Waals surface area contributed by atoms with Gasteiger partial charge in [0.25, 0.3) is 0 Å². The van der Waals surface area contributed by atoms with Crippen LogP contribution in [0.2, 0.25) is 0 Å². The third kappa shape index (κ3) is 4.36. The van der Waals surface area contributed by atoms with E-state index < -0.39 is 0 Å². The van der Waals surface area contributed by atoms with Gasteiger partial charge in [-0.15, -0.1) is 23.5 Å². The monoisotopic (exact) mass is 346 g/mol. The Hall–Kier alpha value is -0.870. The number of imidazole rings is 1. The molecule has 0 bridgehead atoms. The summed E-state index contributed by atoms with van der Waals surface area (Å²) in [6, 6.07) is 6.99. The summed E-state index contributed by atoms with van der Waals surface area (Å²) in [6.07, 6.45) is 9.67. The Kier molecular flexibility index (Phi) is 5.42. The molecule has 0 amide bonds. The van der Waals surface area contributed by atoms with Crippen LogP contribution < -0.4 is 0 Å². The van der Waals surface area contributed by atoms with Gasteiger partial charge in [-0.25, -0.2) is 4.98 Å². The van der Waals surface area contributed by atoms with Crippen LogP contribution in [0, 0.1) is 13.8 Å². The molecule has 3 rings (SSSR count). The van der Waals surface area contributed by atoms with E-state index in [4.69, 9.17) is 0 Å². The van der Waals surface area contributed by atoms with Crippen molar-refractivity contribution in [3.8, 4) is 0 Å². The first-order chi connectivity index (χ1) is 11.1. The van der Waals surface area contributed by atoms with E-state index in [1.165, 1.54) is 35.3 Å². The number of benzene rings is 1. The zero-order valence-electron chi connectivity index (χ0n) is 14.3. The SMILES string of the molecule is CCC1CCSC(Cc2cc(C)cc(C)c2)(Cn2ccnc2)S1. The summed E-state index contributed by atoms with van der Waals surface area (Å²) in [6.45, 7) is 7.77. The Bertz CT molecular complexity index is 619. The van der Waals surface area contributed by atoms with Crippen LogP contribution in [0.1, 0.15) is 36.5 Å². The van der Waals surface area contributed by atoms with Crippen molar-refractivity contribution in [1.29, 1.82) is 0 Å². The van der Waals surface area contributed by atoms with Crippen molar-refractivity contribution in [2.75, 3.05) is 5.75 Å². The summed E-state index contributed by atoms with van der Waals surface area (Å²) >= 11 is 4.35. The molecule has 2 atom stereocenters.